The van der Waals surface area contributed by atoms with Gasteiger partial charge in [-0.2, -0.15) is 0 Å². The van der Waals surface area contributed by atoms with E-state index in [1.54, 1.807) is 33.8 Å². The monoisotopic (exact) mass is 694 g/mol. The second-order valence-electron chi connectivity index (χ2n) is 15.4. The van der Waals surface area contributed by atoms with Crippen molar-refractivity contribution in [2.45, 2.75) is 128 Å². The van der Waals surface area contributed by atoms with Gasteiger partial charge in [0.05, 0.1) is 30.5 Å². The Morgan fingerprint density at radius 3 is 2.22 bits per heavy atom. The summed E-state index contributed by atoms with van der Waals surface area (Å²) in [5, 5.41) is 42.5. The summed E-state index contributed by atoms with van der Waals surface area (Å²) in [5.74, 6) is -4.07. The van der Waals surface area contributed by atoms with Crippen LogP contribution < -0.4 is 0 Å². The molecule has 3 aliphatic heterocycles. The lowest BCUT2D eigenvalue weighted by atomic mass is 9.37. The lowest BCUT2D eigenvalue weighted by Gasteiger charge is -2.65. The van der Waals surface area contributed by atoms with Crippen LogP contribution in [0.5, 0.6) is 0 Å². The van der Waals surface area contributed by atoms with E-state index in [0.29, 0.717) is 5.56 Å². The van der Waals surface area contributed by atoms with Gasteiger partial charge in [0, 0.05) is 42.8 Å². The molecule has 1 aromatic rings. The average Bonchev–Trinajstić information content (AvgIpc) is 3.60. The van der Waals surface area contributed by atoms with Crippen molar-refractivity contribution in [3.8, 4) is 0 Å². The first kappa shape index (κ1) is 35.9. The third-order valence-electron chi connectivity index (χ3n) is 12.6. The molecule has 0 amide bonds. The molecule has 0 aromatic carbocycles. The molecule has 3 unspecified atom stereocenters. The Morgan fingerprint density at radius 1 is 0.980 bits per heavy atom. The summed E-state index contributed by atoms with van der Waals surface area (Å²) in [6.45, 7) is 10.0. The predicted molar refractivity (Wildman–Crippen MR) is 162 cm³/mol. The minimum Gasteiger partial charge on any atom is -0.479 e. The van der Waals surface area contributed by atoms with Gasteiger partial charge in [-0.05, 0) is 45.6 Å². The number of hydrogen-bond donors (Lipinski definition) is 4. The zero-order valence-electron chi connectivity index (χ0n) is 28.6. The fourth-order valence-corrected chi connectivity index (χ4v) is 10.4. The van der Waals surface area contributed by atoms with Gasteiger partial charge in [0.2, 0.25) is 0 Å². The van der Waals surface area contributed by atoms with Crippen LogP contribution >= 0.6 is 0 Å². The van der Waals surface area contributed by atoms with Gasteiger partial charge in [-0.25, -0.2) is 4.79 Å². The first-order valence-corrected chi connectivity index (χ1v) is 16.5. The van der Waals surface area contributed by atoms with Crippen LogP contribution in [0, 0.1) is 28.1 Å². The number of fused-ring (bicyclic) bond motifs is 4. The van der Waals surface area contributed by atoms with Crippen LogP contribution in [0.25, 0.3) is 0 Å². The molecule has 15 heteroatoms. The summed E-state index contributed by atoms with van der Waals surface area (Å²) in [7, 11) is 1.25. The maximum atomic E-state index is 14.9. The van der Waals surface area contributed by atoms with Crippen molar-refractivity contribution in [3.05, 3.63) is 24.2 Å². The summed E-state index contributed by atoms with van der Waals surface area (Å²) in [4.78, 5) is 53.4. The van der Waals surface area contributed by atoms with Crippen LogP contribution in [0.1, 0.15) is 78.9 Å². The number of aliphatic carboxylic acids is 1. The number of rotatable bonds is 7. The fraction of sp³-hybridized carbons (Fsp3) is 0.765. The number of Topliss-reactive ketones (excluding diaryl/α,β-unsaturated/α-hetero) is 1. The number of epoxide rings is 1. The average molecular weight is 695 g/mol. The predicted octanol–water partition coefficient (Wildman–Crippen LogP) is 1.65. The molecule has 4 heterocycles. The van der Waals surface area contributed by atoms with Crippen molar-refractivity contribution < 1.29 is 72.4 Å². The number of ketones is 1. The van der Waals surface area contributed by atoms with E-state index in [4.69, 9.17) is 32.8 Å². The third-order valence-corrected chi connectivity index (χ3v) is 12.6. The zero-order valence-corrected chi connectivity index (χ0v) is 28.6. The molecule has 1 aromatic heterocycles. The summed E-state index contributed by atoms with van der Waals surface area (Å²) in [5.41, 5.74) is -6.41. The quantitative estimate of drug-likeness (QED) is 0.235. The summed E-state index contributed by atoms with van der Waals surface area (Å²) in [6.07, 6.45) is -8.78. The summed E-state index contributed by atoms with van der Waals surface area (Å²) in [6, 6.07) is 1.60. The Bertz CT molecular complexity index is 1490. The minimum atomic E-state index is -1.75. The number of aliphatic hydroxyl groups excluding tert-OH is 3. The summed E-state index contributed by atoms with van der Waals surface area (Å²) < 4.78 is 40.9. The molecule has 49 heavy (non-hydrogen) atoms. The highest BCUT2D eigenvalue weighted by Gasteiger charge is 2.87. The maximum absolute atomic E-state index is 14.9. The lowest BCUT2D eigenvalue weighted by molar-refractivity contribution is -0.363. The molecule has 2 aliphatic carbocycles. The second kappa shape index (κ2) is 11.8. The number of aliphatic hydroxyl groups is 3. The van der Waals surface area contributed by atoms with E-state index >= 15 is 0 Å². The molecule has 1 spiro atoms. The minimum absolute atomic E-state index is 0.129. The van der Waals surface area contributed by atoms with Gasteiger partial charge in [0.1, 0.15) is 41.4 Å². The Morgan fingerprint density at radius 2 is 1.65 bits per heavy atom. The highest BCUT2D eigenvalue weighted by molar-refractivity contribution is 5.92. The molecule has 2 saturated carbocycles. The number of carbonyl (C=O) groups is 4. The van der Waals surface area contributed by atoms with Gasteiger partial charge in [-0.1, -0.05) is 13.8 Å². The van der Waals surface area contributed by atoms with Crippen molar-refractivity contribution in [1.82, 2.24) is 0 Å². The number of carboxylic acid groups (broad SMARTS) is 1. The van der Waals surface area contributed by atoms with E-state index in [2.05, 4.69) is 0 Å². The van der Waals surface area contributed by atoms with Crippen LogP contribution in [0.3, 0.4) is 0 Å². The number of cyclic esters (lactones) is 1. The van der Waals surface area contributed by atoms with Gasteiger partial charge in [0.25, 0.3) is 0 Å². The highest BCUT2D eigenvalue weighted by Crippen LogP contribution is 2.77. The molecular weight excluding hydrogens is 648 g/mol. The molecule has 272 valence electrons. The van der Waals surface area contributed by atoms with Crippen molar-refractivity contribution in [2.24, 2.45) is 28.1 Å². The third kappa shape index (κ3) is 4.94. The Balaban J connectivity index is 1.51. The number of carbonyl (C=O) groups excluding carboxylic acids is 3. The number of hydrogen-bond acceptors (Lipinski definition) is 14. The van der Waals surface area contributed by atoms with E-state index in [0.717, 1.165) is 0 Å². The van der Waals surface area contributed by atoms with E-state index in [1.165, 1.54) is 26.6 Å². The van der Waals surface area contributed by atoms with E-state index in [9.17, 15) is 39.6 Å². The van der Waals surface area contributed by atoms with E-state index in [-0.39, 0.29) is 31.5 Å². The van der Waals surface area contributed by atoms with Gasteiger partial charge in [-0.15, -0.1) is 0 Å². The van der Waals surface area contributed by atoms with Crippen molar-refractivity contribution in [2.75, 3.05) is 7.11 Å². The topological polar surface area (TPSA) is 221 Å². The number of carboxylic acids is 1. The molecule has 3 saturated heterocycles. The van der Waals surface area contributed by atoms with Crippen LogP contribution in [0.4, 0.5) is 0 Å². The van der Waals surface area contributed by atoms with Crippen molar-refractivity contribution in [3.63, 3.8) is 0 Å². The largest absolute Gasteiger partial charge is 0.479 e. The Labute approximate surface area is 283 Å². The van der Waals surface area contributed by atoms with Gasteiger partial charge in [-0.3, -0.25) is 14.4 Å². The first-order chi connectivity index (χ1) is 22.8. The van der Waals surface area contributed by atoms with E-state index < -0.39 is 106 Å². The zero-order chi connectivity index (χ0) is 36.1. The molecule has 0 bridgehead atoms. The molecule has 0 radical (unpaired) electrons. The maximum Gasteiger partial charge on any atom is 0.335 e. The van der Waals surface area contributed by atoms with Gasteiger partial charge >= 0.3 is 17.9 Å². The number of furan rings is 1. The first-order valence-electron chi connectivity index (χ1n) is 16.5. The number of methoxy groups -OCH3 is 1. The Kier molecular flexibility index (Phi) is 8.66. The van der Waals surface area contributed by atoms with Crippen LogP contribution in [-0.2, 0) is 47.6 Å². The van der Waals surface area contributed by atoms with Crippen molar-refractivity contribution >= 4 is 23.7 Å². The normalized spacial score (nSPS) is 46.5. The van der Waals surface area contributed by atoms with Crippen LogP contribution in [0.15, 0.2) is 23.0 Å². The highest BCUT2D eigenvalue weighted by atomic mass is 16.8. The van der Waals surface area contributed by atoms with Crippen LogP contribution in [-0.4, -0.2) is 106 Å². The lowest BCUT2D eigenvalue weighted by Crippen LogP contribution is -2.72. The summed E-state index contributed by atoms with van der Waals surface area (Å²) >= 11 is 0. The fourth-order valence-electron chi connectivity index (χ4n) is 10.4. The Hall–Kier alpha value is -2.92. The van der Waals surface area contributed by atoms with E-state index in [1.807, 2.05) is 6.92 Å². The van der Waals surface area contributed by atoms with Crippen molar-refractivity contribution in [1.29, 1.82) is 0 Å². The molecule has 14 atom stereocenters. The molecule has 15 nitrogen and oxygen atoms in total. The molecule has 5 fully saturated rings. The molecular formula is C34H46O15. The SMILES string of the molecule is CO[C@H]1O[C@@H](OC(c2ccoc2)[C@]2(C)CC[C@@H]3[C@@]4(C)[C@H](OC(C)=O)CC(=O)OC(C)(C)[C@@H]4CC(=O)[C@@]3(C)C23OC3C(=O)O)[C@H](O)[C@@H](O)[C@@H]1O. The smallest absolute Gasteiger partial charge is 0.335 e. The number of esters is 2. The van der Waals surface area contributed by atoms with Gasteiger partial charge < -0.3 is 53.3 Å². The molecule has 5 aliphatic rings. The van der Waals surface area contributed by atoms with Crippen LogP contribution in [0.2, 0.25) is 0 Å². The number of ether oxygens (including phenoxy) is 6. The molecule has 4 N–H and O–H groups in total. The van der Waals surface area contributed by atoms with Gasteiger partial charge in [0.15, 0.2) is 18.7 Å². The second-order valence-corrected chi connectivity index (χ2v) is 15.4. The molecule has 6 rings (SSSR count). The standard InChI is InChI=1S/C34H46O15/c1-15(35)45-20-13-21(37)48-30(2,3)18-12-19(36)33(6)17(32(18,20)5)8-10-31(4,34(33)26(49-34)27(41)42)25(16-9-11-44-14-16)46-29-24(40)22(38)23(39)28(43-7)47-29/h9,11,14,17-18,20,22-26,28-29,38-40H,8,10,12-13H2,1-7H3,(H,41,42)/t17-,18+,20-,22+,23+,24-,25?,26?,28+,29-,31+,32-,33+,34?/m1/s1.